The summed E-state index contributed by atoms with van der Waals surface area (Å²) >= 11 is 0. The smallest absolute Gasteiger partial charge is 0.127 e. The SMILES string of the molecule is CC=COC(C)(C)c1ccccc1. The summed E-state index contributed by atoms with van der Waals surface area (Å²) in [6.07, 6.45) is 3.62. The van der Waals surface area contributed by atoms with E-state index in [2.05, 4.69) is 26.0 Å². The highest BCUT2D eigenvalue weighted by atomic mass is 16.5. The zero-order valence-electron chi connectivity index (χ0n) is 8.45. The van der Waals surface area contributed by atoms with E-state index in [1.165, 1.54) is 5.56 Å². The molecule has 0 amide bonds. The van der Waals surface area contributed by atoms with Crippen LogP contribution in [0.2, 0.25) is 0 Å². The van der Waals surface area contributed by atoms with Crippen molar-refractivity contribution in [2.75, 3.05) is 0 Å². The summed E-state index contributed by atoms with van der Waals surface area (Å²) in [6, 6.07) is 10.2. The molecule has 0 saturated carbocycles. The summed E-state index contributed by atoms with van der Waals surface area (Å²) < 4.78 is 5.58. The van der Waals surface area contributed by atoms with E-state index in [0.717, 1.165) is 0 Å². The van der Waals surface area contributed by atoms with Crippen LogP contribution in [0.4, 0.5) is 0 Å². The van der Waals surface area contributed by atoms with E-state index in [1.54, 1.807) is 6.26 Å². The van der Waals surface area contributed by atoms with Gasteiger partial charge in [0.1, 0.15) is 5.60 Å². The largest absolute Gasteiger partial charge is 0.491 e. The number of allylic oxidation sites excluding steroid dienone is 1. The van der Waals surface area contributed by atoms with Crippen LogP contribution in [-0.2, 0) is 10.3 Å². The third kappa shape index (κ3) is 2.62. The highest BCUT2D eigenvalue weighted by Gasteiger charge is 2.19. The summed E-state index contributed by atoms with van der Waals surface area (Å²) in [5, 5.41) is 0. The van der Waals surface area contributed by atoms with Gasteiger partial charge in [0.2, 0.25) is 0 Å². The van der Waals surface area contributed by atoms with Crippen LogP contribution in [-0.4, -0.2) is 0 Å². The van der Waals surface area contributed by atoms with Crippen molar-refractivity contribution < 1.29 is 4.74 Å². The molecular formula is C12H16O. The van der Waals surface area contributed by atoms with Crippen molar-refractivity contribution in [3.05, 3.63) is 48.2 Å². The van der Waals surface area contributed by atoms with Gasteiger partial charge < -0.3 is 4.74 Å². The van der Waals surface area contributed by atoms with Crippen LogP contribution < -0.4 is 0 Å². The summed E-state index contributed by atoms with van der Waals surface area (Å²) in [5.41, 5.74) is 0.946. The lowest BCUT2D eigenvalue weighted by Crippen LogP contribution is -2.18. The van der Waals surface area contributed by atoms with Crippen LogP contribution in [0.25, 0.3) is 0 Å². The average Bonchev–Trinajstić information content (AvgIpc) is 2.16. The van der Waals surface area contributed by atoms with Crippen molar-refractivity contribution >= 4 is 0 Å². The van der Waals surface area contributed by atoms with Gasteiger partial charge in [-0.3, -0.25) is 0 Å². The van der Waals surface area contributed by atoms with Crippen molar-refractivity contribution in [3.8, 4) is 0 Å². The number of rotatable bonds is 3. The topological polar surface area (TPSA) is 9.23 Å². The molecule has 0 fully saturated rings. The summed E-state index contributed by atoms with van der Waals surface area (Å²) in [6.45, 7) is 6.06. The molecule has 0 N–H and O–H groups in total. The van der Waals surface area contributed by atoms with Gasteiger partial charge in [-0.25, -0.2) is 0 Å². The van der Waals surface area contributed by atoms with Gasteiger partial charge in [0.05, 0.1) is 6.26 Å². The Balaban J connectivity index is 2.81. The highest BCUT2D eigenvalue weighted by molar-refractivity contribution is 5.21. The molecule has 1 nitrogen and oxygen atoms in total. The molecular weight excluding hydrogens is 160 g/mol. The van der Waals surface area contributed by atoms with Gasteiger partial charge in [-0.1, -0.05) is 36.4 Å². The molecule has 0 saturated heterocycles. The van der Waals surface area contributed by atoms with Crippen molar-refractivity contribution in [1.82, 2.24) is 0 Å². The van der Waals surface area contributed by atoms with E-state index >= 15 is 0 Å². The molecule has 1 rings (SSSR count). The van der Waals surface area contributed by atoms with Crippen molar-refractivity contribution in [3.63, 3.8) is 0 Å². The zero-order chi connectivity index (χ0) is 9.73. The predicted molar refractivity (Wildman–Crippen MR) is 55.4 cm³/mol. The maximum Gasteiger partial charge on any atom is 0.127 e. The Kier molecular flexibility index (Phi) is 3.13. The second kappa shape index (κ2) is 4.13. The van der Waals surface area contributed by atoms with E-state index in [1.807, 2.05) is 31.2 Å². The van der Waals surface area contributed by atoms with E-state index < -0.39 is 0 Å². The molecule has 0 bridgehead atoms. The number of hydrogen-bond acceptors (Lipinski definition) is 1. The molecule has 13 heavy (non-hydrogen) atoms. The monoisotopic (exact) mass is 176 g/mol. The second-order valence-corrected chi connectivity index (χ2v) is 3.46. The summed E-state index contributed by atoms with van der Waals surface area (Å²) in [7, 11) is 0. The summed E-state index contributed by atoms with van der Waals surface area (Å²) in [5.74, 6) is 0. The molecule has 0 aliphatic rings. The standard InChI is InChI=1S/C12H16O/c1-4-10-13-12(2,3)11-8-6-5-7-9-11/h4-10H,1-3H3. The first-order chi connectivity index (χ1) is 6.17. The molecule has 0 atom stereocenters. The Labute approximate surface area is 80.0 Å². The number of ether oxygens (including phenoxy) is 1. The first-order valence-corrected chi connectivity index (χ1v) is 4.51. The van der Waals surface area contributed by atoms with Crippen LogP contribution in [0, 0.1) is 0 Å². The molecule has 0 spiro atoms. The van der Waals surface area contributed by atoms with Crippen LogP contribution in [0.3, 0.4) is 0 Å². The van der Waals surface area contributed by atoms with Gasteiger partial charge in [-0.2, -0.15) is 0 Å². The normalized spacial score (nSPS) is 11.9. The van der Waals surface area contributed by atoms with Crippen LogP contribution in [0.5, 0.6) is 0 Å². The summed E-state index contributed by atoms with van der Waals surface area (Å²) in [4.78, 5) is 0. The Bertz CT molecular complexity index is 272. The molecule has 0 heterocycles. The van der Waals surface area contributed by atoms with Crippen LogP contribution in [0.15, 0.2) is 42.7 Å². The molecule has 0 aliphatic carbocycles. The number of benzene rings is 1. The van der Waals surface area contributed by atoms with Gasteiger partial charge in [0.25, 0.3) is 0 Å². The number of hydrogen-bond donors (Lipinski definition) is 0. The Hall–Kier alpha value is -1.24. The molecule has 0 aliphatic heterocycles. The van der Waals surface area contributed by atoms with Gasteiger partial charge in [0, 0.05) is 0 Å². The molecule has 0 radical (unpaired) electrons. The highest BCUT2D eigenvalue weighted by Crippen LogP contribution is 2.24. The molecule has 1 aromatic carbocycles. The van der Waals surface area contributed by atoms with Gasteiger partial charge in [-0.15, -0.1) is 0 Å². The fourth-order valence-electron chi connectivity index (χ4n) is 1.15. The van der Waals surface area contributed by atoms with Crippen LogP contribution >= 0.6 is 0 Å². The average molecular weight is 176 g/mol. The predicted octanol–water partition coefficient (Wildman–Crippen LogP) is 3.47. The van der Waals surface area contributed by atoms with Gasteiger partial charge in [-0.05, 0) is 26.3 Å². The maximum atomic E-state index is 5.58. The van der Waals surface area contributed by atoms with Crippen molar-refractivity contribution in [2.45, 2.75) is 26.4 Å². The van der Waals surface area contributed by atoms with Gasteiger partial charge in [0.15, 0.2) is 0 Å². The van der Waals surface area contributed by atoms with E-state index in [9.17, 15) is 0 Å². The van der Waals surface area contributed by atoms with Crippen molar-refractivity contribution in [2.24, 2.45) is 0 Å². The first kappa shape index (κ1) is 9.85. The minimum Gasteiger partial charge on any atom is -0.491 e. The van der Waals surface area contributed by atoms with Gasteiger partial charge >= 0.3 is 0 Å². The zero-order valence-corrected chi connectivity index (χ0v) is 8.45. The fraction of sp³-hybridized carbons (Fsp3) is 0.333. The lowest BCUT2D eigenvalue weighted by Gasteiger charge is -2.24. The second-order valence-electron chi connectivity index (χ2n) is 3.46. The molecule has 1 aromatic rings. The quantitative estimate of drug-likeness (QED) is 0.641. The van der Waals surface area contributed by atoms with E-state index in [4.69, 9.17) is 4.74 Å². The maximum absolute atomic E-state index is 5.58. The van der Waals surface area contributed by atoms with E-state index in [0.29, 0.717) is 0 Å². The molecule has 1 heteroatoms. The minimum absolute atomic E-state index is 0.242. The van der Waals surface area contributed by atoms with Crippen molar-refractivity contribution in [1.29, 1.82) is 0 Å². The van der Waals surface area contributed by atoms with Crippen LogP contribution in [0.1, 0.15) is 26.3 Å². The fourth-order valence-corrected chi connectivity index (χ4v) is 1.15. The minimum atomic E-state index is -0.242. The lowest BCUT2D eigenvalue weighted by atomic mass is 9.98. The Morgan fingerprint density at radius 2 is 1.77 bits per heavy atom. The molecule has 0 unspecified atom stereocenters. The molecule has 0 aromatic heterocycles. The lowest BCUT2D eigenvalue weighted by molar-refractivity contribution is 0.0550. The third-order valence-electron chi connectivity index (χ3n) is 1.97. The first-order valence-electron chi connectivity index (χ1n) is 4.51. The third-order valence-corrected chi connectivity index (χ3v) is 1.97. The Morgan fingerprint density at radius 3 is 2.31 bits per heavy atom. The van der Waals surface area contributed by atoms with E-state index in [-0.39, 0.29) is 5.60 Å². The Morgan fingerprint density at radius 1 is 1.15 bits per heavy atom. The molecule has 70 valence electrons.